The highest BCUT2D eigenvalue weighted by Crippen LogP contribution is 2.31. The van der Waals surface area contributed by atoms with Crippen molar-refractivity contribution in [1.29, 1.82) is 0 Å². The number of hydrogen-bond donors (Lipinski definition) is 1. The third kappa shape index (κ3) is 6.48. The van der Waals surface area contributed by atoms with Crippen molar-refractivity contribution in [3.63, 3.8) is 0 Å². The van der Waals surface area contributed by atoms with Crippen LogP contribution in [-0.4, -0.2) is 32.5 Å². The largest absolute Gasteiger partial charge is 0.354 e. The SMILES string of the molecule is CCC(C)NC(=O)CCCCSc1nnc(-c2ccccc2)n1-c1ccc(Cl)c(Cl)c1. The van der Waals surface area contributed by atoms with E-state index in [0.717, 1.165) is 47.2 Å². The molecule has 5 nitrogen and oxygen atoms in total. The standard InChI is InChI=1S/C23H26Cl2N4OS/c1-3-16(2)26-21(30)11-7-8-14-31-23-28-27-22(17-9-5-4-6-10-17)29(23)18-12-13-19(24)20(25)15-18/h4-6,9-10,12-13,15-16H,3,7-8,11,14H2,1-2H3,(H,26,30). The van der Waals surface area contributed by atoms with Gasteiger partial charge in [-0.2, -0.15) is 0 Å². The molecule has 3 aromatic rings. The Morgan fingerprint density at radius 1 is 1.10 bits per heavy atom. The van der Waals surface area contributed by atoms with Crippen LogP contribution in [-0.2, 0) is 4.79 Å². The number of carbonyl (C=O) groups excluding carboxylic acids is 1. The Morgan fingerprint density at radius 2 is 1.87 bits per heavy atom. The Morgan fingerprint density at radius 3 is 2.58 bits per heavy atom. The van der Waals surface area contributed by atoms with Crippen molar-refractivity contribution in [2.75, 3.05) is 5.75 Å². The molecule has 8 heteroatoms. The van der Waals surface area contributed by atoms with Crippen LogP contribution in [0.4, 0.5) is 0 Å². The fourth-order valence-electron chi connectivity index (χ4n) is 2.99. The number of unbranched alkanes of at least 4 members (excludes halogenated alkanes) is 1. The molecule has 2 aromatic carbocycles. The molecular weight excluding hydrogens is 451 g/mol. The van der Waals surface area contributed by atoms with Gasteiger partial charge in [0.2, 0.25) is 5.91 Å². The van der Waals surface area contributed by atoms with E-state index in [9.17, 15) is 4.79 Å². The molecule has 1 amide bonds. The smallest absolute Gasteiger partial charge is 0.220 e. The zero-order chi connectivity index (χ0) is 22.2. The van der Waals surface area contributed by atoms with Gasteiger partial charge >= 0.3 is 0 Å². The third-order valence-corrected chi connectivity index (χ3v) is 6.63. The lowest BCUT2D eigenvalue weighted by Crippen LogP contribution is -2.31. The summed E-state index contributed by atoms with van der Waals surface area (Å²) < 4.78 is 2.00. The third-order valence-electron chi connectivity index (χ3n) is 4.88. The Labute approximate surface area is 197 Å². The average molecular weight is 477 g/mol. The summed E-state index contributed by atoms with van der Waals surface area (Å²) in [6.45, 7) is 4.09. The summed E-state index contributed by atoms with van der Waals surface area (Å²) in [5, 5.41) is 13.6. The predicted molar refractivity (Wildman–Crippen MR) is 129 cm³/mol. The maximum Gasteiger partial charge on any atom is 0.220 e. The van der Waals surface area contributed by atoms with Crippen LogP contribution < -0.4 is 5.32 Å². The van der Waals surface area contributed by atoms with Crippen molar-refractivity contribution >= 4 is 40.9 Å². The number of aromatic nitrogens is 3. The van der Waals surface area contributed by atoms with Crippen molar-refractivity contribution in [3.8, 4) is 17.1 Å². The normalized spacial score (nSPS) is 12.0. The molecule has 1 atom stereocenters. The van der Waals surface area contributed by atoms with E-state index in [1.54, 1.807) is 17.8 Å². The van der Waals surface area contributed by atoms with Gasteiger partial charge in [-0.05, 0) is 44.4 Å². The van der Waals surface area contributed by atoms with E-state index in [-0.39, 0.29) is 11.9 Å². The van der Waals surface area contributed by atoms with Gasteiger partial charge in [0, 0.05) is 23.8 Å². The molecule has 0 bridgehead atoms. The lowest BCUT2D eigenvalue weighted by molar-refractivity contribution is -0.121. The number of hydrogen-bond acceptors (Lipinski definition) is 4. The molecule has 0 aliphatic rings. The summed E-state index contributed by atoms with van der Waals surface area (Å²) in [5.41, 5.74) is 1.82. The Balaban J connectivity index is 1.71. The number of carbonyl (C=O) groups is 1. The van der Waals surface area contributed by atoms with Gasteiger partial charge in [0.1, 0.15) is 0 Å². The van der Waals surface area contributed by atoms with E-state index in [4.69, 9.17) is 23.2 Å². The van der Waals surface area contributed by atoms with E-state index in [1.807, 2.05) is 54.0 Å². The van der Waals surface area contributed by atoms with Crippen molar-refractivity contribution in [3.05, 3.63) is 58.6 Å². The van der Waals surface area contributed by atoms with Gasteiger partial charge in [-0.25, -0.2) is 0 Å². The summed E-state index contributed by atoms with van der Waals surface area (Å²) >= 11 is 14.0. The number of rotatable bonds is 10. The molecule has 0 spiro atoms. The first-order valence-corrected chi connectivity index (χ1v) is 12.1. The zero-order valence-electron chi connectivity index (χ0n) is 17.6. The van der Waals surface area contributed by atoms with Crippen LogP contribution in [0.15, 0.2) is 53.7 Å². The van der Waals surface area contributed by atoms with Crippen molar-refractivity contribution < 1.29 is 4.79 Å². The number of benzene rings is 2. The average Bonchev–Trinajstić information content (AvgIpc) is 3.19. The van der Waals surface area contributed by atoms with Gasteiger partial charge < -0.3 is 5.32 Å². The second kappa shape index (κ2) is 11.6. The number of halogens is 2. The minimum absolute atomic E-state index is 0.115. The van der Waals surface area contributed by atoms with Crippen molar-refractivity contribution in [2.45, 2.75) is 50.7 Å². The molecule has 3 rings (SSSR count). The summed E-state index contributed by atoms with van der Waals surface area (Å²) in [6.07, 6.45) is 3.23. The topological polar surface area (TPSA) is 59.8 Å². The first-order valence-electron chi connectivity index (χ1n) is 10.4. The molecule has 0 saturated carbocycles. The number of thioether (sulfide) groups is 1. The minimum Gasteiger partial charge on any atom is -0.354 e. The van der Waals surface area contributed by atoms with Gasteiger partial charge in [-0.15, -0.1) is 10.2 Å². The molecule has 0 aliphatic heterocycles. The second-order valence-corrected chi connectivity index (χ2v) is 9.16. The maximum atomic E-state index is 11.9. The molecule has 1 unspecified atom stereocenters. The van der Waals surface area contributed by atoms with E-state index in [1.165, 1.54) is 0 Å². The van der Waals surface area contributed by atoms with E-state index in [0.29, 0.717) is 16.5 Å². The quantitative estimate of drug-likeness (QED) is 0.271. The predicted octanol–water partition coefficient (Wildman–Crippen LogP) is 6.42. The van der Waals surface area contributed by atoms with Gasteiger partial charge in [0.15, 0.2) is 11.0 Å². The maximum absolute atomic E-state index is 11.9. The van der Waals surface area contributed by atoms with Crippen LogP contribution in [0.1, 0.15) is 39.5 Å². The van der Waals surface area contributed by atoms with Crippen LogP contribution in [0.3, 0.4) is 0 Å². The first kappa shape index (κ1) is 23.6. The highest BCUT2D eigenvalue weighted by atomic mass is 35.5. The Bertz CT molecular complexity index is 1010. The molecule has 0 fully saturated rings. The monoisotopic (exact) mass is 476 g/mol. The molecule has 164 valence electrons. The number of nitrogens with zero attached hydrogens (tertiary/aromatic N) is 3. The Kier molecular flexibility index (Phi) is 8.81. The molecule has 0 saturated heterocycles. The lowest BCUT2D eigenvalue weighted by Gasteiger charge is -2.12. The van der Waals surface area contributed by atoms with Gasteiger partial charge in [0.05, 0.1) is 15.7 Å². The Hall–Kier alpha value is -2.02. The summed E-state index contributed by atoms with van der Waals surface area (Å²) in [5.74, 6) is 1.70. The minimum atomic E-state index is 0.115. The molecule has 31 heavy (non-hydrogen) atoms. The summed E-state index contributed by atoms with van der Waals surface area (Å²) in [7, 11) is 0. The van der Waals surface area contributed by atoms with Crippen LogP contribution in [0.2, 0.25) is 10.0 Å². The van der Waals surface area contributed by atoms with Crippen LogP contribution in [0.5, 0.6) is 0 Å². The molecular formula is C23H26Cl2N4OS. The summed E-state index contributed by atoms with van der Waals surface area (Å²) in [4.78, 5) is 11.9. The highest BCUT2D eigenvalue weighted by Gasteiger charge is 2.17. The van der Waals surface area contributed by atoms with E-state index in [2.05, 4.69) is 22.4 Å². The first-order chi connectivity index (χ1) is 15.0. The van der Waals surface area contributed by atoms with E-state index < -0.39 is 0 Å². The number of nitrogens with one attached hydrogen (secondary N) is 1. The number of amides is 1. The second-order valence-electron chi connectivity index (χ2n) is 7.29. The molecule has 1 heterocycles. The fraction of sp³-hybridized carbons (Fsp3) is 0.348. The fourth-order valence-corrected chi connectivity index (χ4v) is 4.24. The zero-order valence-corrected chi connectivity index (χ0v) is 20.0. The van der Waals surface area contributed by atoms with Gasteiger partial charge in [-0.3, -0.25) is 9.36 Å². The van der Waals surface area contributed by atoms with Gasteiger partial charge in [0.25, 0.3) is 0 Å². The van der Waals surface area contributed by atoms with Gasteiger partial charge in [-0.1, -0.05) is 72.2 Å². The molecule has 1 aromatic heterocycles. The van der Waals surface area contributed by atoms with Crippen molar-refractivity contribution in [2.24, 2.45) is 0 Å². The van der Waals surface area contributed by atoms with Crippen LogP contribution in [0.25, 0.3) is 17.1 Å². The van der Waals surface area contributed by atoms with Crippen LogP contribution in [0, 0.1) is 0 Å². The van der Waals surface area contributed by atoms with E-state index >= 15 is 0 Å². The van der Waals surface area contributed by atoms with Crippen LogP contribution >= 0.6 is 35.0 Å². The molecule has 0 aliphatic carbocycles. The highest BCUT2D eigenvalue weighted by molar-refractivity contribution is 7.99. The molecule has 0 radical (unpaired) electrons. The lowest BCUT2D eigenvalue weighted by atomic mass is 10.2. The van der Waals surface area contributed by atoms with Crippen molar-refractivity contribution in [1.82, 2.24) is 20.1 Å². The molecule has 1 N–H and O–H groups in total. The summed E-state index contributed by atoms with van der Waals surface area (Å²) in [6, 6.07) is 15.7.